The van der Waals surface area contributed by atoms with E-state index in [1.807, 2.05) is 53.9 Å². The minimum absolute atomic E-state index is 0.220. The number of carbonyl (C=O) groups excluding carboxylic acids is 1. The molecule has 1 aromatic heterocycles. The number of amides is 1. The Balaban J connectivity index is 1.35. The molecule has 1 fully saturated rings. The number of nitrogens with zero attached hydrogens (tertiary/aromatic N) is 1. The number of nitrogens with one attached hydrogen (secondary N) is 1. The van der Waals surface area contributed by atoms with E-state index in [4.69, 9.17) is 9.47 Å². The Morgan fingerprint density at radius 3 is 2.69 bits per heavy atom. The van der Waals surface area contributed by atoms with Crippen molar-refractivity contribution in [3.63, 3.8) is 0 Å². The van der Waals surface area contributed by atoms with Gasteiger partial charge in [-0.1, -0.05) is 37.5 Å². The Morgan fingerprint density at radius 2 is 1.91 bits per heavy atom. The van der Waals surface area contributed by atoms with Crippen molar-refractivity contribution < 1.29 is 14.3 Å². The molecule has 1 amide bonds. The van der Waals surface area contributed by atoms with Crippen LogP contribution in [0, 0.1) is 5.92 Å². The molecule has 2 aromatic carbocycles. The molecule has 0 atom stereocenters. The fraction of sp³-hybridized carbons (Fsp3) is 0.308. The maximum atomic E-state index is 12.4. The van der Waals surface area contributed by atoms with Crippen molar-refractivity contribution in [2.45, 2.75) is 32.1 Å². The minimum atomic E-state index is -0.220. The Kier molecular flexibility index (Phi) is 7.56. The fourth-order valence-corrected chi connectivity index (χ4v) is 4.57. The number of anilines is 1. The molecule has 6 heteroatoms. The number of para-hydroxylation sites is 1. The highest BCUT2D eigenvalue weighted by Gasteiger charge is 2.14. The first-order valence-electron chi connectivity index (χ1n) is 11.0. The molecule has 1 N–H and O–H groups in total. The molecule has 0 saturated heterocycles. The van der Waals surface area contributed by atoms with Crippen LogP contribution in [0.2, 0.25) is 0 Å². The predicted molar refractivity (Wildman–Crippen MR) is 130 cm³/mol. The van der Waals surface area contributed by atoms with Crippen LogP contribution in [0.15, 0.2) is 60.0 Å². The molecule has 5 nitrogen and oxygen atoms in total. The van der Waals surface area contributed by atoms with Gasteiger partial charge in [0, 0.05) is 22.6 Å². The van der Waals surface area contributed by atoms with Gasteiger partial charge in [-0.3, -0.25) is 10.1 Å². The van der Waals surface area contributed by atoms with Crippen LogP contribution < -0.4 is 14.8 Å². The lowest BCUT2D eigenvalue weighted by Gasteiger charge is -2.22. The second-order valence-electron chi connectivity index (χ2n) is 7.94. The van der Waals surface area contributed by atoms with Gasteiger partial charge in [0.25, 0.3) is 0 Å². The van der Waals surface area contributed by atoms with Crippen LogP contribution in [0.1, 0.15) is 37.7 Å². The zero-order valence-corrected chi connectivity index (χ0v) is 19.1. The summed E-state index contributed by atoms with van der Waals surface area (Å²) in [5, 5.41) is 5.33. The number of hydrogen-bond donors (Lipinski definition) is 1. The topological polar surface area (TPSA) is 60.5 Å². The van der Waals surface area contributed by atoms with E-state index < -0.39 is 0 Å². The molecule has 1 aliphatic rings. The van der Waals surface area contributed by atoms with Gasteiger partial charge in [-0.25, -0.2) is 4.98 Å². The smallest absolute Gasteiger partial charge is 0.250 e. The van der Waals surface area contributed by atoms with E-state index in [2.05, 4.69) is 10.3 Å². The highest BCUT2D eigenvalue weighted by Crippen LogP contribution is 2.28. The van der Waals surface area contributed by atoms with Crippen molar-refractivity contribution in [1.29, 1.82) is 0 Å². The molecular weight excluding hydrogens is 420 g/mol. The molecule has 3 aromatic rings. The minimum Gasteiger partial charge on any atom is -0.497 e. The monoisotopic (exact) mass is 448 g/mol. The van der Waals surface area contributed by atoms with Gasteiger partial charge in [-0.05, 0) is 55.2 Å². The maximum absolute atomic E-state index is 12.4. The number of benzene rings is 2. The summed E-state index contributed by atoms with van der Waals surface area (Å²) in [6.07, 6.45) is 9.74. The molecule has 0 radical (unpaired) electrons. The van der Waals surface area contributed by atoms with Crippen molar-refractivity contribution in [3.05, 3.63) is 65.6 Å². The van der Waals surface area contributed by atoms with E-state index in [9.17, 15) is 4.79 Å². The average Bonchev–Trinajstić information content (AvgIpc) is 3.31. The zero-order chi connectivity index (χ0) is 22.2. The number of ether oxygens (including phenoxy) is 2. The van der Waals surface area contributed by atoms with E-state index >= 15 is 0 Å². The molecule has 0 bridgehead atoms. The number of thiazole rings is 1. The standard InChI is InChI=1S/C26H28N2O3S/c1-30-22-14-11-20(12-15-22)23-18-32-26(27-23)28-25(29)16-13-21-9-5-6-10-24(21)31-17-19-7-3-2-4-8-19/h5-6,9-16,18-19H,2-4,7-8,17H2,1H3,(H,27,28,29)/b16-13+. The number of carbonyl (C=O) groups is 1. The second kappa shape index (κ2) is 11.0. The van der Waals surface area contributed by atoms with Crippen LogP contribution in [0.25, 0.3) is 17.3 Å². The van der Waals surface area contributed by atoms with Gasteiger partial charge in [0.1, 0.15) is 11.5 Å². The summed E-state index contributed by atoms with van der Waals surface area (Å²) in [5.41, 5.74) is 2.69. The van der Waals surface area contributed by atoms with Crippen LogP contribution >= 0.6 is 11.3 Å². The molecule has 1 aliphatic carbocycles. The maximum Gasteiger partial charge on any atom is 0.250 e. The van der Waals surface area contributed by atoms with Gasteiger partial charge in [0.05, 0.1) is 19.4 Å². The summed E-state index contributed by atoms with van der Waals surface area (Å²) < 4.78 is 11.3. The summed E-state index contributed by atoms with van der Waals surface area (Å²) in [6.45, 7) is 0.740. The lowest BCUT2D eigenvalue weighted by molar-refractivity contribution is -0.111. The highest BCUT2D eigenvalue weighted by atomic mass is 32.1. The van der Waals surface area contributed by atoms with Crippen molar-refractivity contribution >= 4 is 28.5 Å². The van der Waals surface area contributed by atoms with Gasteiger partial charge in [0.15, 0.2) is 5.13 Å². The van der Waals surface area contributed by atoms with Gasteiger partial charge in [-0.15, -0.1) is 11.3 Å². The second-order valence-corrected chi connectivity index (χ2v) is 8.80. The predicted octanol–water partition coefficient (Wildman–Crippen LogP) is 6.43. The molecule has 1 saturated carbocycles. The Morgan fingerprint density at radius 1 is 1.12 bits per heavy atom. The van der Waals surface area contributed by atoms with Crippen LogP contribution in [0.3, 0.4) is 0 Å². The van der Waals surface area contributed by atoms with Crippen LogP contribution in [0.5, 0.6) is 11.5 Å². The van der Waals surface area contributed by atoms with Gasteiger partial charge in [0.2, 0.25) is 5.91 Å². The average molecular weight is 449 g/mol. The molecule has 0 aliphatic heterocycles. The van der Waals surface area contributed by atoms with Crippen molar-refractivity contribution in [2.75, 3.05) is 19.0 Å². The lowest BCUT2D eigenvalue weighted by atomic mass is 9.90. The van der Waals surface area contributed by atoms with E-state index in [0.29, 0.717) is 11.0 Å². The Labute approximate surface area is 193 Å². The molecule has 1 heterocycles. The van der Waals surface area contributed by atoms with E-state index in [-0.39, 0.29) is 5.91 Å². The lowest BCUT2D eigenvalue weighted by Crippen LogP contribution is -2.15. The van der Waals surface area contributed by atoms with Crippen LogP contribution in [-0.4, -0.2) is 24.6 Å². The van der Waals surface area contributed by atoms with Gasteiger partial charge in [-0.2, -0.15) is 0 Å². The largest absolute Gasteiger partial charge is 0.497 e. The van der Waals surface area contributed by atoms with E-state index in [1.165, 1.54) is 49.5 Å². The first-order chi connectivity index (χ1) is 15.7. The van der Waals surface area contributed by atoms with Gasteiger partial charge >= 0.3 is 0 Å². The van der Waals surface area contributed by atoms with E-state index in [0.717, 1.165) is 34.9 Å². The molecule has 0 spiro atoms. The van der Waals surface area contributed by atoms with Crippen LogP contribution in [-0.2, 0) is 4.79 Å². The Hall–Kier alpha value is -3.12. The van der Waals surface area contributed by atoms with Crippen molar-refractivity contribution in [3.8, 4) is 22.8 Å². The van der Waals surface area contributed by atoms with Crippen LogP contribution in [0.4, 0.5) is 5.13 Å². The fourth-order valence-electron chi connectivity index (χ4n) is 3.85. The number of aromatic nitrogens is 1. The third kappa shape index (κ3) is 5.98. The summed E-state index contributed by atoms with van der Waals surface area (Å²) in [5.74, 6) is 2.03. The third-order valence-electron chi connectivity index (χ3n) is 5.65. The SMILES string of the molecule is COc1ccc(-c2csc(NC(=O)/C=C/c3ccccc3OCC3CCCCC3)n2)cc1. The number of methoxy groups -OCH3 is 1. The number of rotatable bonds is 8. The summed E-state index contributed by atoms with van der Waals surface area (Å²) in [7, 11) is 1.64. The molecule has 166 valence electrons. The Bertz CT molecular complexity index is 1050. The van der Waals surface area contributed by atoms with Crippen molar-refractivity contribution in [1.82, 2.24) is 4.98 Å². The quantitative estimate of drug-likeness (QED) is 0.403. The third-order valence-corrected chi connectivity index (χ3v) is 6.41. The normalized spacial score (nSPS) is 14.4. The molecule has 32 heavy (non-hydrogen) atoms. The summed E-state index contributed by atoms with van der Waals surface area (Å²) in [6, 6.07) is 15.5. The summed E-state index contributed by atoms with van der Waals surface area (Å²) in [4.78, 5) is 17.0. The molecule has 4 rings (SSSR count). The first kappa shape index (κ1) is 22.1. The van der Waals surface area contributed by atoms with E-state index in [1.54, 1.807) is 13.2 Å². The summed E-state index contributed by atoms with van der Waals surface area (Å²) >= 11 is 1.40. The van der Waals surface area contributed by atoms with Crippen molar-refractivity contribution in [2.24, 2.45) is 5.92 Å². The molecule has 0 unspecified atom stereocenters. The van der Waals surface area contributed by atoms with Gasteiger partial charge < -0.3 is 9.47 Å². The molecular formula is C26H28N2O3S. The first-order valence-corrected chi connectivity index (χ1v) is 11.9. The number of hydrogen-bond acceptors (Lipinski definition) is 5. The highest BCUT2D eigenvalue weighted by molar-refractivity contribution is 7.14. The zero-order valence-electron chi connectivity index (χ0n) is 18.3.